The van der Waals surface area contributed by atoms with Gasteiger partial charge >= 0.3 is 0 Å². The second-order valence-corrected chi connectivity index (χ2v) is 5.82. The van der Waals surface area contributed by atoms with Gasteiger partial charge in [-0.2, -0.15) is 0 Å². The number of carbonyl (C=O) groups excluding carboxylic acids is 1. The first-order valence-corrected chi connectivity index (χ1v) is 8.07. The summed E-state index contributed by atoms with van der Waals surface area (Å²) in [5.41, 5.74) is 2.42. The zero-order chi connectivity index (χ0) is 15.8. The molecule has 0 aliphatic rings. The van der Waals surface area contributed by atoms with Crippen molar-refractivity contribution in [2.24, 2.45) is 0 Å². The van der Waals surface area contributed by atoms with Crippen molar-refractivity contribution in [1.82, 2.24) is 4.90 Å². The van der Waals surface area contributed by atoms with E-state index in [-0.39, 0.29) is 11.8 Å². The molecule has 2 rings (SSSR count). The molecule has 0 aliphatic carbocycles. The maximum absolute atomic E-state index is 12.6. The lowest BCUT2D eigenvalue weighted by atomic mass is 9.97. The van der Waals surface area contributed by atoms with Crippen molar-refractivity contribution in [2.75, 3.05) is 6.54 Å². The second-order valence-electron chi connectivity index (χ2n) is 5.82. The summed E-state index contributed by atoms with van der Waals surface area (Å²) in [6, 6.07) is 20.5. The fraction of sp³-hybridized carbons (Fsp3) is 0.350. The van der Waals surface area contributed by atoms with Crippen LogP contribution in [-0.4, -0.2) is 17.4 Å². The molecule has 0 heterocycles. The summed E-state index contributed by atoms with van der Waals surface area (Å²) in [4.78, 5) is 14.6. The highest BCUT2D eigenvalue weighted by molar-refractivity contribution is 5.77. The topological polar surface area (TPSA) is 20.3 Å². The Balaban J connectivity index is 2.00. The molecule has 0 spiro atoms. The fourth-order valence-electron chi connectivity index (χ4n) is 2.66. The Kier molecular flexibility index (Phi) is 6.20. The van der Waals surface area contributed by atoms with Gasteiger partial charge in [-0.15, -0.1) is 0 Å². The Morgan fingerprint density at radius 2 is 1.59 bits per heavy atom. The van der Waals surface area contributed by atoms with E-state index in [1.165, 1.54) is 11.1 Å². The molecule has 0 bridgehead atoms. The first-order valence-electron chi connectivity index (χ1n) is 8.07. The molecular weight excluding hydrogens is 270 g/mol. The van der Waals surface area contributed by atoms with Crippen molar-refractivity contribution in [3.63, 3.8) is 0 Å². The number of nitrogens with zero attached hydrogens (tertiary/aromatic N) is 1. The van der Waals surface area contributed by atoms with Crippen LogP contribution in [0.2, 0.25) is 0 Å². The lowest BCUT2D eigenvalue weighted by molar-refractivity contribution is -0.132. The lowest BCUT2D eigenvalue weighted by Crippen LogP contribution is -2.32. The van der Waals surface area contributed by atoms with Gasteiger partial charge in [0.1, 0.15) is 0 Å². The van der Waals surface area contributed by atoms with E-state index >= 15 is 0 Å². The van der Waals surface area contributed by atoms with Gasteiger partial charge in [0.25, 0.3) is 0 Å². The molecule has 0 radical (unpaired) electrons. The molecule has 2 aromatic rings. The first-order chi connectivity index (χ1) is 10.7. The lowest BCUT2D eigenvalue weighted by Gasteiger charge is -2.24. The summed E-state index contributed by atoms with van der Waals surface area (Å²) in [5, 5.41) is 0. The summed E-state index contributed by atoms with van der Waals surface area (Å²) >= 11 is 0. The number of benzene rings is 2. The number of carbonyl (C=O) groups is 1. The number of rotatable bonds is 7. The van der Waals surface area contributed by atoms with Gasteiger partial charge < -0.3 is 4.90 Å². The van der Waals surface area contributed by atoms with Crippen LogP contribution in [0.3, 0.4) is 0 Å². The first kappa shape index (κ1) is 16.3. The van der Waals surface area contributed by atoms with Crippen molar-refractivity contribution < 1.29 is 4.79 Å². The molecule has 0 aliphatic heterocycles. The number of hydrogen-bond donors (Lipinski definition) is 0. The van der Waals surface area contributed by atoms with Crippen LogP contribution in [0.4, 0.5) is 0 Å². The molecule has 1 atom stereocenters. The summed E-state index contributed by atoms with van der Waals surface area (Å²) in [7, 11) is 0. The van der Waals surface area contributed by atoms with Crippen LogP contribution in [0, 0.1) is 0 Å². The summed E-state index contributed by atoms with van der Waals surface area (Å²) < 4.78 is 0. The Bertz CT molecular complexity index is 565. The Labute approximate surface area is 133 Å². The molecule has 1 unspecified atom stereocenters. The van der Waals surface area contributed by atoms with Crippen LogP contribution in [0.15, 0.2) is 60.7 Å². The van der Waals surface area contributed by atoms with Crippen molar-refractivity contribution in [3.8, 4) is 0 Å². The van der Waals surface area contributed by atoms with E-state index in [2.05, 4.69) is 38.1 Å². The summed E-state index contributed by atoms with van der Waals surface area (Å²) in [6.45, 7) is 5.76. The number of amides is 1. The van der Waals surface area contributed by atoms with Gasteiger partial charge in [-0.25, -0.2) is 0 Å². The van der Waals surface area contributed by atoms with E-state index in [0.717, 1.165) is 13.0 Å². The van der Waals surface area contributed by atoms with Gasteiger partial charge in [0.05, 0.1) is 0 Å². The van der Waals surface area contributed by atoms with Gasteiger partial charge in [0.15, 0.2) is 0 Å². The minimum Gasteiger partial charge on any atom is -0.338 e. The van der Waals surface area contributed by atoms with E-state index in [0.29, 0.717) is 13.0 Å². The third-order valence-corrected chi connectivity index (χ3v) is 3.91. The average Bonchev–Trinajstić information content (AvgIpc) is 2.56. The maximum Gasteiger partial charge on any atom is 0.223 e. The SMILES string of the molecule is CCCN(Cc1ccccc1)C(=O)CC(C)c1ccccc1. The zero-order valence-corrected chi connectivity index (χ0v) is 13.5. The minimum atomic E-state index is 0.238. The van der Waals surface area contributed by atoms with Crippen molar-refractivity contribution in [3.05, 3.63) is 71.8 Å². The van der Waals surface area contributed by atoms with Gasteiger partial charge in [-0.05, 0) is 23.5 Å². The summed E-state index contributed by atoms with van der Waals surface area (Å²) in [5.74, 6) is 0.492. The van der Waals surface area contributed by atoms with E-state index in [1.807, 2.05) is 41.3 Å². The highest BCUT2D eigenvalue weighted by Gasteiger charge is 2.17. The summed E-state index contributed by atoms with van der Waals surface area (Å²) in [6.07, 6.45) is 1.55. The van der Waals surface area contributed by atoms with E-state index in [4.69, 9.17) is 0 Å². The standard InChI is InChI=1S/C20H25NO/c1-3-14-21(16-18-10-6-4-7-11-18)20(22)15-17(2)19-12-8-5-9-13-19/h4-13,17H,3,14-16H2,1-2H3. The Hall–Kier alpha value is -2.09. The highest BCUT2D eigenvalue weighted by atomic mass is 16.2. The molecule has 0 saturated heterocycles. The highest BCUT2D eigenvalue weighted by Crippen LogP contribution is 2.20. The van der Waals surface area contributed by atoms with Crippen molar-refractivity contribution in [1.29, 1.82) is 0 Å². The fourth-order valence-corrected chi connectivity index (χ4v) is 2.66. The number of hydrogen-bond acceptors (Lipinski definition) is 1. The zero-order valence-electron chi connectivity index (χ0n) is 13.5. The van der Waals surface area contributed by atoms with Crippen molar-refractivity contribution in [2.45, 2.75) is 39.2 Å². The van der Waals surface area contributed by atoms with E-state index in [1.54, 1.807) is 0 Å². The molecule has 2 aromatic carbocycles. The van der Waals surface area contributed by atoms with Crippen LogP contribution < -0.4 is 0 Å². The normalized spacial score (nSPS) is 11.9. The molecule has 2 heteroatoms. The minimum absolute atomic E-state index is 0.238. The predicted molar refractivity (Wildman–Crippen MR) is 91.6 cm³/mol. The maximum atomic E-state index is 12.6. The van der Waals surface area contributed by atoms with Crippen LogP contribution in [0.25, 0.3) is 0 Å². The molecular formula is C20H25NO. The molecule has 0 saturated carbocycles. The van der Waals surface area contributed by atoms with Gasteiger partial charge in [-0.1, -0.05) is 74.5 Å². The van der Waals surface area contributed by atoms with Gasteiger partial charge in [-0.3, -0.25) is 4.79 Å². The monoisotopic (exact) mass is 295 g/mol. The Morgan fingerprint density at radius 1 is 1.00 bits per heavy atom. The Morgan fingerprint density at radius 3 is 2.18 bits per heavy atom. The van der Waals surface area contributed by atoms with E-state index in [9.17, 15) is 4.79 Å². The molecule has 0 N–H and O–H groups in total. The third-order valence-electron chi connectivity index (χ3n) is 3.91. The second kappa shape index (κ2) is 8.38. The predicted octanol–water partition coefficient (Wildman–Crippen LogP) is 4.62. The quantitative estimate of drug-likeness (QED) is 0.730. The molecule has 116 valence electrons. The smallest absolute Gasteiger partial charge is 0.223 e. The molecule has 1 amide bonds. The van der Waals surface area contributed by atoms with Crippen LogP contribution >= 0.6 is 0 Å². The molecule has 0 aromatic heterocycles. The van der Waals surface area contributed by atoms with E-state index < -0.39 is 0 Å². The molecule has 0 fully saturated rings. The third kappa shape index (κ3) is 4.73. The van der Waals surface area contributed by atoms with Crippen molar-refractivity contribution >= 4 is 5.91 Å². The van der Waals surface area contributed by atoms with Gasteiger partial charge in [0, 0.05) is 19.5 Å². The van der Waals surface area contributed by atoms with Gasteiger partial charge in [0.2, 0.25) is 5.91 Å². The van der Waals surface area contributed by atoms with Crippen LogP contribution in [0.5, 0.6) is 0 Å². The molecule has 2 nitrogen and oxygen atoms in total. The largest absolute Gasteiger partial charge is 0.338 e. The average molecular weight is 295 g/mol. The molecule has 22 heavy (non-hydrogen) atoms. The van der Waals surface area contributed by atoms with Crippen LogP contribution in [-0.2, 0) is 11.3 Å². The van der Waals surface area contributed by atoms with Crippen LogP contribution in [0.1, 0.15) is 43.7 Å².